The standard InChI is InChI=1S/C8H5BrI2N2OS/c9-4-1-5-7(10)6(3-14)13(15-11)8(5)12-2-4/h1-2,14H,3H2. The van der Waals surface area contributed by atoms with Gasteiger partial charge in [-0.2, -0.15) is 0 Å². The van der Waals surface area contributed by atoms with E-state index in [1.165, 1.54) is 9.12 Å². The summed E-state index contributed by atoms with van der Waals surface area (Å²) in [5.74, 6) is 0. The topological polar surface area (TPSA) is 38.1 Å². The van der Waals surface area contributed by atoms with Gasteiger partial charge in [0.25, 0.3) is 0 Å². The zero-order valence-corrected chi connectivity index (χ0v) is 14.0. The molecule has 80 valence electrons. The zero-order valence-electron chi connectivity index (χ0n) is 7.25. The highest BCUT2D eigenvalue weighted by molar-refractivity contribution is 14.2. The van der Waals surface area contributed by atoms with Gasteiger partial charge in [0.05, 0.1) is 12.3 Å². The van der Waals surface area contributed by atoms with Gasteiger partial charge in [0.15, 0.2) is 5.65 Å². The van der Waals surface area contributed by atoms with Crippen LogP contribution in [0.4, 0.5) is 0 Å². The summed E-state index contributed by atoms with van der Waals surface area (Å²) >= 11 is 7.82. The molecular weight excluding hydrogens is 506 g/mol. The van der Waals surface area contributed by atoms with Crippen molar-refractivity contribution in [2.75, 3.05) is 0 Å². The van der Waals surface area contributed by atoms with Crippen LogP contribution in [0.5, 0.6) is 0 Å². The summed E-state index contributed by atoms with van der Waals surface area (Å²) < 4.78 is 3.96. The zero-order chi connectivity index (χ0) is 11.0. The smallest absolute Gasteiger partial charge is 0.152 e. The van der Waals surface area contributed by atoms with Crippen molar-refractivity contribution in [3.8, 4) is 0 Å². The normalized spacial score (nSPS) is 11.2. The summed E-state index contributed by atoms with van der Waals surface area (Å²) in [6.07, 6.45) is 1.77. The minimum absolute atomic E-state index is 0.0300. The van der Waals surface area contributed by atoms with E-state index in [0.29, 0.717) is 0 Å². The third kappa shape index (κ3) is 2.17. The molecule has 0 aliphatic rings. The Morgan fingerprint density at radius 2 is 2.33 bits per heavy atom. The second-order valence-corrected chi connectivity index (χ2v) is 6.49. The number of nitrogens with zero attached hydrogens (tertiary/aromatic N) is 2. The van der Waals surface area contributed by atoms with E-state index >= 15 is 0 Å². The lowest BCUT2D eigenvalue weighted by Crippen LogP contribution is -1.94. The molecule has 0 saturated carbocycles. The molecule has 1 N–H and O–H groups in total. The second kappa shape index (κ2) is 5.07. The molecule has 3 nitrogen and oxygen atoms in total. The predicted molar refractivity (Wildman–Crippen MR) is 83.1 cm³/mol. The molecule has 7 heteroatoms. The van der Waals surface area contributed by atoms with Crippen LogP contribution < -0.4 is 0 Å². The number of hydrogen-bond donors (Lipinski definition) is 1. The number of aromatic nitrogens is 2. The van der Waals surface area contributed by atoms with Crippen molar-refractivity contribution >= 4 is 79.9 Å². The van der Waals surface area contributed by atoms with Crippen LogP contribution in [0.25, 0.3) is 11.0 Å². The summed E-state index contributed by atoms with van der Waals surface area (Å²) in [5.41, 5.74) is 1.79. The summed E-state index contributed by atoms with van der Waals surface area (Å²) in [5, 5.41) is 10.4. The molecule has 2 rings (SSSR count). The summed E-state index contributed by atoms with van der Waals surface area (Å²) in [6.45, 7) is 0.0300. The minimum Gasteiger partial charge on any atom is -0.390 e. The van der Waals surface area contributed by atoms with Crippen molar-refractivity contribution in [2.45, 2.75) is 6.61 Å². The molecule has 0 unspecified atom stereocenters. The molecule has 0 aromatic carbocycles. The first kappa shape index (κ1) is 12.4. The number of pyridine rings is 1. The molecular formula is C8H5BrI2N2OS. The van der Waals surface area contributed by atoms with Gasteiger partial charge in [-0.3, -0.25) is 3.97 Å². The molecule has 2 heterocycles. The molecule has 0 bridgehead atoms. The van der Waals surface area contributed by atoms with Crippen LogP contribution in [-0.4, -0.2) is 14.1 Å². The number of fused-ring (bicyclic) bond motifs is 1. The second-order valence-electron chi connectivity index (χ2n) is 2.81. The van der Waals surface area contributed by atoms with Crippen LogP contribution >= 0.6 is 68.8 Å². The SMILES string of the molecule is OCc1c(I)c2cc(Br)cnc2n1SI. The van der Waals surface area contributed by atoms with E-state index < -0.39 is 0 Å². The molecule has 0 radical (unpaired) electrons. The van der Waals surface area contributed by atoms with Gasteiger partial charge in [-0.25, -0.2) is 4.98 Å². The van der Waals surface area contributed by atoms with Crippen molar-refractivity contribution in [2.24, 2.45) is 0 Å². The molecule has 0 fully saturated rings. The maximum Gasteiger partial charge on any atom is 0.152 e. The van der Waals surface area contributed by atoms with Gasteiger partial charge in [-0.15, -0.1) is 0 Å². The summed E-state index contributed by atoms with van der Waals surface area (Å²) in [7, 11) is 1.52. The summed E-state index contributed by atoms with van der Waals surface area (Å²) in [4.78, 5) is 4.36. The maximum absolute atomic E-state index is 9.32. The van der Waals surface area contributed by atoms with Crippen molar-refractivity contribution < 1.29 is 5.11 Å². The lowest BCUT2D eigenvalue weighted by atomic mass is 10.3. The minimum atomic E-state index is 0.0300. The van der Waals surface area contributed by atoms with Crippen molar-refractivity contribution in [1.29, 1.82) is 0 Å². The third-order valence-electron chi connectivity index (χ3n) is 1.98. The Morgan fingerprint density at radius 3 is 2.93 bits per heavy atom. The van der Waals surface area contributed by atoms with Crippen LogP contribution in [0.3, 0.4) is 0 Å². The first-order chi connectivity index (χ1) is 7.19. The Hall–Kier alpha value is 0.940. The molecule has 0 aliphatic heterocycles. The fourth-order valence-corrected chi connectivity index (χ4v) is 4.36. The van der Waals surface area contributed by atoms with E-state index in [2.05, 4.69) is 64.7 Å². The Bertz CT molecular complexity index is 517. The van der Waals surface area contributed by atoms with Gasteiger partial charge < -0.3 is 5.11 Å². The Morgan fingerprint density at radius 1 is 1.60 bits per heavy atom. The van der Waals surface area contributed by atoms with E-state index in [1.807, 2.05) is 10.0 Å². The van der Waals surface area contributed by atoms with Crippen LogP contribution in [0.1, 0.15) is 5.69 Å². The Labute approximate surface area is 125 Å². The molecule has 0 saturated heterocycles. The Balaban J connectivity index is 2.84. The van der Waals surface area contributed by atoms with E-state index in [4.69, 9.17) is 0 Å². The highest BCUT2D eigenvalue weighted by Gasteiger charge is 2.15. The van der Waals surface area contributed by atoms with Gasteiger partial charge in [0.2, 0.25) is 0 Å². The molecule has 0 atom stereocenters. The monoisotopic (exact) mass is 510 g/mol. The predicted octanol–water partition coefficient (Wildman–Crippen LogP) is 3.74. The first-order valence-corrected chi connectivity index (χ1v) is 9.12. The average molecular weight is 511 g/mol. The van der Waals surface area contributed by atoms with Crippen LogP contribution in [0.2, 0.25) is 0 Å². The van der Waals surface area contributed by atoms with Crippen LogP contribution in [0, 0.1) is 3.57 Å². The lowest BCUT2D eigenvalue weighted by Gasteiger charge is -2.01. The van der Waals surface area contributed by atoms with Crippen LogP contribution in [-0.2, 0) is 6.61 Å². The number of aliphatic hydroxyl groups is 1. The van der Waals surface area contributed by atoms with Gasteiger partial charge in [-0.1, -0.05) is 0 Å². The maximum atomic E-state index is 9.32. The molecule has 0 amide bonds. The number of rotatable bonds is 2. The highest BCUT2D eigenvalue weighted by Crippen LogP contribution is 2.33. The van der Waals surface area contributed by atoms with E-state index in [1.54, 1.807) is 6.20 Å². The van der Waals surface area contributed by atoms with Crippen molar-refractivity contribution in [3.05, 3.63) is 26.0 Å². The number of aliphatic hydroxyl groups excluding tert-OH is 1. The molecule has 0 spiro atoms. The Kier molecular flexibility index (Phi) is 4.19. The fourth-order valence-electron chi connectivity index (χ4n) is 1.34. The molecule has 0 aliphatic carbocycles. The number of hydrogen-bond acceptors (Lipinski definition) is 3. The molecule has 2 aromatic heterocycles. The first-order valence-electron chi connectivity index (χ1n) is 3.93. The summed E-state index contributed by atoms with van der Waals surface area (Å²) in [6, 6.07) is 2.02. The van der Waals surface area contributed by atoms with E-state index in [9.17, 15) is 5.11 Å². The van der Waals surface area contributed by atoms with Gasteiger partial charge in [0.1, 0.15) is 0 Å². The fraction of sp³-hybridized carbons (Fsp3) is 0.125. The van der Waals surface area contributed by atoms with Crippen LogP contribution in [0.15, 0.2) is 16.7 Å². The van der Waals surface area contributed by atoms with Crippen molar-refractivity contribution in [3.63, 3.8) is 0 Å². The van der Waals surface area contributed by atoms with Crippen molar-refractivity contribution in [1.82, 2.24) is 8.96 Å². The lowest BCUT2D eigenvalue weighted by molar-refractivity contribution is 0.276. The van der Waals surface area contributed by atoms with Gasteiger partial charge >= 0.3 is 0 Å². The van der Waals surface area contributed by atoms with E-state index in [0.717, 1.165) is 24.8 Å². The van der Waals surface area contributed by atoms with Gasteiger partial charge in [-0.05, 0) is 44.6 Å². The molecule has 15 heavy (non-hydrogen) atoms. The number of halogens is 3. The highest BCUT2D eigenvalue weighted by atomic mass is 127. The van der Waals surface area contributed by atoms with Gasteiger partial charge in [0, 0.05) is 50.0 Å². The van der Waals surface area contributed by atoms with E-state index in [-0.39, 0.29) is 6.61 Å². The average Bonchev–Trinajstić information content (AvgIpc) is 2.51. The largest absolute Gasteiger partial charge is 0.390 e. The third-order valence-corrected chi connectivity index (χ3v) is 5.33. The molecule has 2 aromatic rings. The quantitative estimate of drug-likeness (QED) is 0.626.